The summed E-state index contributed by atoms with van der Waals surface area (Å²) in [5.74, 6) is 0. The van der Waals surface area contributed by atoms with Crippen LogP contribution in [0.2, 0.25) is 0 Å². The fourth-order valence-corrected chi connectivity index (χ4v) is 3.58. The second kappa shape index (κ2) is 6.32. The maximum absolute atomic E-state index is 4.94. The maximum Gasteiger partial charge on any atom is 0.140 e. The fraction of sp³-hybridized carbons (Fsp3) is 0.0870. The number of aromatic nitrogens is 4. The molecule has 0 N–H and O–H groups in total. The second-order valence-corrected chi connectivity index (χ2v) is 6.72. The Bertz CT molecular complexity index is 1260. The van der Waals surface area contributed by atoms with E-state index in [0.717, 1.165) is 33.2 Å². The standard InChI is InChI=1S/C23H18N4/c1-16-9-5-6-12-18(16)21-22-23(19-13-7-8-14-20(19)24-21)27(26-25-22)15-17-10-3-2-4-11-17/h2-14H,15H2,1H3. The van der Waals surface area contributed by atoms with Crippen molar-refractivity contribution < 1.29 is 0 Å². The van der Waals surface area contributed by atoms with Gasteiger partial charge < -0.3 is 0 Å². The molecule has 0 unspecified atom stereocenters. The highest BCUT2D eigenvalue weighted by Gasteiger charge is 2.17. The largest absolute Gasteiger partial charge is 0.245 e. The van der Waals surface area contributed by atoms with Crippen molar-refractivity contribution in [2.45, 2.75) is 13.5 Å². The normalized spacial score (nSPS) is 11.3. The van der Waals surface area contributed by atoms with E-state index in [0.29, 0.717) is 6.54 Å². The quantitative estimate of drug-likeness (QED) is 0.460. The average molecular weight is 350 g/mol. The molecule has 0 aliphatic rings. The first kappa shape index (κ1) is 15.7. The van der Waals surface area contributed by atoms with Gasteiger partial charge in [-0.3, -0.25) is 0 Å². The molecule has 130 valence electrons. The van der Waals surface area contributed by atoms with Crippen molar-refractivity contribution in [1.29, 1.82) is 0 Å². The van der Waals surface area contributed by atoms with E-state index >= 15 is 0 Å². The number of nitrogens with zero attached hydrogens (tertiary/aromatic N) is 4. The van der Waals surface area contributed by atoms with Gasteiger partial charge in [0.05, 0.1) is 12.1 Å². The predicted octanol–water partition coefficient (Wildman–Crippen LogP) is 5.00. The van der Waals surface area contributed by atoms with E-state index in [4.69, 9.17) is 4.98 Å². The van der Waals surface area contributed by atoms with Gasteiger partial charge in [-0.2, -0.15) is 0 Å². The van der Waals surface area contributed by atoms with Crippen LogP contribution in [0.5, 0.6) is 0 Å². The molecular formula is C23H18N4. The summed E-state index contributed by atoms with van der Waals surface area (Å²) in [6.45, 7) is 2.78. The van der Waals surface area contributed by atoms with Gasteiger partial charge in [-0.15, -0.1) is 5.10 Å². The molecule has 2 heterocycles. The Balaban J connectivity index is 1.81. The number of fused-ring (bicyclic) bond motifs is 3. The molecule has 4 nitrogen and oxygen atoms in total. The molecule has 0 saturated carbocycles. The lowest BCUT2D eigenvalue weighted by Crippen LogP contribution is -2.02. The van der Waals surface area contributed by atoms with Crippen molar-refractivity contribution in [2.75, 3.05) is 0 Å². The van der Waals surface area contributed by atoms with E-state index in [9.17, 15) is 0 Å². The molecule has 0 radical (unpaired) electrons. The molecule has 4 heteroatoms. The summed E-state index contributed by atoms with van der Waals surface area (Å²) in [4.78, 5) is 4.94. The number of aryl methyl sites for hydroxylation is 1. The Kier molecular flexibility index (Phi) is 3.68. The topological polar surface area (TPSA) is 43.6 Å². The number of rotatable bonds is 3. The zero-order valence-corrected chi connectivity index (χ0v) is 15.0. The highest BCUT2D eigenvalue weighted by Crippen LogP contribution is 2.32. The summed E-state index contributed by atoms with van der Waals surface area (Å²) in [7, 11) is 0. The Hall–Kier alpha value is -3.53. The van der Waals surface area contributed by atoms with Gasteiger partial charge in [-0.1, -0.05) is 78.0 Å². The maximum atomic E-state index is 4.94. The van der Waals surface area contributed by atoms with Crippen LogP contribution in [0.15, 0.2) is 78.9 Å². The number of pyridine rings is 1. The molecule has 3 aromatic carbocycles. The third kappa shape index (κ3) is 2.66. The molecule has 0 atom stereocenters. The first-order valence-electron chi connectivity index (χ1n) is 9.03. The Labute approximate surface area is 157 Å². The number of hydrogen-bond acceptors (Lipinski definition) is 3. The number of hydrogen-bond donors (Lipinski definition) is 0. The minimum absolute atomic E-state index is 0.679. The van der Waals surface area contributed by atoms with E-state index < -0.39 is 0 Å². The summed E-state index contributed by atoms with van der Waals surface area (Å²) in [6.07, 6.45) is 0. The van der Waals surface area contributed by atoms with Gasteiger partial charge in [-0.25, -0.2) is 9.67 Å². The van der Waals surface area contributed by atoms with Crippen molar-refractivity contribution in [3.05, 3.63) is 90.0 Å². The third-order valence-electron chi connectivity index (χ3n) is 4.93. The number of para-hydroxylation sites is 1. The van der Waals surface area contributed by atoms with Gasteiger partial charge in [0, 0.05) is 10.9 Å². The highest BCUT2D eigenvalue weighted by molar-refractivity contribution is 6.07. The average Bonchev–Trinajstić information content (AvgIpc) is 3.13. The fourth-order valence-electron chi connectivity index (χ4n) is 3.58. The van der Waals surface area contributed by atoms with Crippen molar-refractivity contribution in [1.82, 2.24) is 20.0 Å². The van der Waals surface area contributed by atoms with Gasteiger partial charge in [0.25, 0.3) is 0 Å². The number of benzene rings is 3. The lowest BCUT2D eigenvalue weighted by molar-refractivity contribution is 0.671. The molecule has 5 rings (SSSR count). The van der Waals surface area contributed by atoms with Crippen molar-refractivity contribution in [3.8, 4) is 11.3 Å². The second-order valence-electron chi connectivity index (χ2n) is 6.72. The monoisotopic (exact) mass is 350 g/mol. The summed E-state index contributed by atoms with van der Waals surface area (Å²) in [6, 6.07) is 26.8. The molecule has 0 spiro atoms. The van der Waals surface area contributed by atoms with Crippen molar-refractivity contribution in [2.24, 2.45) is 0 Å². The molecular weight excluding hydrogens is 332 g/mol. The van der Waals surface area contributed by atoms with Crippen LogP contribution in [-0.4, -0.2) is 20.0 Å². The molecule has 0 aliphatic carbocycles. The van der Waals surface area contributed by atoms with E-state index in [1.54, 1.807) is 0 Å². The lowest BCUT2D eigenvalue weighted by atomic mass is 10.0. The summed E-state index contributed by atoms with van der Waals surface area (Å²) < 4.78 is 1.98. The molecule has 0 bridgehead atoms. The lowest BCUT2D eigenvalue weighted by Gasteiger charge is -2.09. The van der Waals surface area contributed by atoms with Crippen LogP contribution in [0.3, 0.4) is 0 Å². The van der Waals surface area contributed by atoms with Gasteiger partial charge in [-0.05, 0) is 24.1 Å². The molecule has 0 saturated heterocycles. The minimum atomic E-state index is 0.679. The van der Waals surface area contributed by atoms with E-state index in [1.807, 2.05) is 47.1 Å². The molecule has 27 heavy (non-hydrogen) atoms. The summed E-state index contributed by atoms with van der Waals surface area (Å²) >= 11 is 0. The van der Waals surface area contributed by atoms with Crippen LogP contribution >= 0.6 is 0 Å². The van der Waals surface area contributed by atoms with E-state index in [1.165, 1.54) is 11.1 Å². The molecule has 2 aromatic heterocycles. The van der Waals surface area contributed by atoms with Gasteiger partial charge >= 0.3 is 0 Å². The zero-order chi connectivity index (χ0) is 18.2. The van der Waals surface area contributed by atoms with Crippen molar-refractivity contribution in [3.63, 3.8) is 0 Å². The molecule has 0 aliphatic heterocycles. The molecule has 0 amide bonds. The van der Waals surface area contributed by atoms with Crippen LogP contribution in [0.25, 0.3) is 33.2 Å². The van der Waals surface area contributed by atoms with Crippen LogP contribution in [0, 0.1) is 6.92 Å². The summed E-state index contributed by atoms with van der Waals surface area (Å²) in [5.41, 5.74) is 7.20. The zero-order valence-electron chi connectivity index (χ0n) is 15.0. The van der Waals surface area contributed by atoms with Gasteiger partial charge in [0.2, 0.25) is 0 Å². The first-order valence-corrected chi connectivity index (χ1v) is 9.03. The van der Waals surface area contributed by atoms with Gasteiger partial charge in [0.15, 0.2) is 0 Å². The van der Waals surface area contributed by atoms with E-state index in [-0.39, 0.29) is 0 Å². The Morgan fingerprint density at radius 2 is 1.56 bits per heavy atom. The molecule has 0 fully saturated rings. The SMILES string of the molecule is Cc1ccccc1-c1nc2ccccc2c2c1nnn2Cc1ccccc1. The highest BCUT2D eigenvalue weighted by atomic mass is 15.4. The van der Waals surface area contributed by atoms with E-state index in [2.05, 4.69) is 53.6 Å². The Morgan fingerprint density at radius 3 is 2.41 bits per heavy atom. The van der Waals surface area contributed by atoms with Crippen LogP contribution in [-0.2, 0) is 6.54 Å². The van der Waals surface area contributed by atoms with Crippen LogP contribution in [0.4, 0.5) is 0 Å². The van der Waals surface area contributed by atoms with Crippen molar-refractivity contribution >= 4 is 21.9 Å². The third-order valence-corrected chi connectivity index (χ3v) is 4.93. The minimum Gasteiger partial charge on any atom is -0.245 e. The smallest absolute Gasteiger partial charge is 0.140 e. The predicted molar refractivity (Wildman–Crippen MR) is 109 cm³/mol. The van der Waals surface area contributed by atoms with Crippen LogP contribution in [0.1, 0.15) is 11.1 Å². The van der Waals surface area contributed by atoms with Crippen LogP contribution < -0.4 is 0 Å². The molecule has 5 aromatic rings. The first-order chi connectivity index (χ1) is 13.3. The van der Waals surface area contributed by atoms with Gasteiger partial charge in [0.1, 0.15) is 16.7 Å². The Morgan fingerprint density at radius 1 is 0.815 bits per heavy atom. The summed E-state index contributed by atoms with van der Waals surface area (Å²) in [5, 5.41) is 10.1.